The number of rotatable bonds is 4. The molecule has 2 aromatic rings. The molecule has 0 unspecified atom stereocenters. The van der Waals surface area contributed by atoms with Gasteiger partial charge in [-0.1, -0.05) is 0 Å². The summed E-state index contributed by atoms with van der Waals surface area (Å²) in [6.45, 7) is 3.33. The second-order valence-electron chi connectivity index (χ2n) is 5.29. The van der Waals surface area contributed by atoms with Crippen molar-refractivity contribution in [1.29, 1.82) is 0 Å². The number of piperidine rings is 1. The van der Waals surface area contributed by atoms with Gasteiger partial charge in [0, 0.05) is 19.3 Å². The Labute approximate surface area is 113 Å². The SMILES string of the molecule is CNCCC1CCN(c2nccc3occc23)CC1. The van der Waals surface area contributed by atoms with Crippen LogP contribution in [0.3, 0.4) is 0 Å². The maximum absolute atomic E-state index is 5.45. The topological polar surface area (TPSA) is 41.3 Å². The van der Waals surface area contributed by atoms with Crippen molar-refractivity contribution in [2.75, 3.05) is 31.6 Å². The highest BCUT2D eigenvalue weighted by Gasteiger charge is 2.21. The number of hydrogen-bond donors (Lipinski definition) is 1. The smallest absolute Gasteiger partial charge is 0.139 e. The van der Waals surface area contributed by atoms with Crippen molar-refractivity contribution >= 4 is 16.8 Å². The molecule has 4 nitrogen and oxygen atoms in total. The quantitative estimate of drug-likeness (QED) is 0.916. The zero-order valence-corrected chi connectivity index (χ0v) is 11.4. The Morgan fingerprint density at radius 2 is 2.21 bits per heavy atom. The van der Waals surface area contributed by atoms with Crippen LogP contribution in [-0.2, 0) is 0 Å². The number of aromatic nitrogens is 1. The summed E-state index contributed by atoms with van der Waals surface area (Å²) in [5, 5.41) is 4.38. The molecule has 1 aliphatic heterocycles. The van der Waals surface area contributed by atoms with Crippen molar-refractivity contribution in [3.8, 4) is 0 Å². The Morgan fingerprint density at radius 3 is 3.00 bits per heavy atom. The Bertz CT molecular complexity index is 529. The van der Waals surface area contributed by atoms with E-state index in [0.717, 1.165) is 42.3 Å². The minimum Gasteiger partial charge on any atom is -0.464 e. The first-order valence-electron chi connectivity index (χ1n) is 7.10. The molecule has 0 bridgehead atoms. The van der Waals surface area contributed by atoms with Gasteiger partial charge < -0.3 is 14.6 Å². The van der Waals surface area contributed by atoms with Crippen LogP contribution >= 0.6 is 0 Å². The highest BCUT2D eigenvalue weighted by atomic mass is 16.3. The standard InChI is InChI=1S/C15H21N3O/c1-16-7-2-12-4-9-18(10-5-12)15-13-6-11-19-14(13)3-8-17-15/h3,6,8,11-12,16H,2,4-5,7,9-10H2,1H3. The molecule has 102 valence electrons. The van der Waals surface area contributed by atoms with Crippen LogP contribution in [0.15, 0.2) is 29.0 Å². The number of hydrogen-bond acceptors (Lipinski definition) is 4. The Morgan fingerprint density at radius 1 is 1.37 bits per heavy atom. The molecular formula is C15H21N3O. The summed E-state index contributed by atoms with van der Waals surface area (Å²) in [7, 11) is 2.03. The predicted octanol–water partition coefficient (Wildman–Crippen LogP) is 2.65. The van der Waals surface area contributed by atoms with E-state index in [9.17, 15) is 0 Å². The largest absolute Gasteiger partial charge is 0.464 e. The average molecular weight is 259 g/mol. The van der Waals surface area contributed by atoms with Gasteiger partial charge in [-0.3, -0.25) is 0 Å². The molecule has 3 heterocycles. The first-order chi connectivity index (χ1) is 9.38. The minimum atomic E-state index is 0.854. The molecule has 0 aromatic carbocycles. The van der Waals surface area contributed by atoms with Crippen molar-refractivity contribution in [2.24, 2.45) is 5.92 Å². The Kier molecular flexibility index (Phi) is 3.69. The molecule has 0 amide bonds. The van der Waals surface area contributed by atoms with Crippen molar-refractivity contribution < 1.29 is 4.42 Å². The second-order valence-corrected chi connectivity index (χ2v) is 5.29. The van der Waals surface area contributed by atoms with Crippen molar-refractivity contribution in [3.05, 3.63) is 24.6 Å². The number of furan rings is 1. The first kappa shape index (κ1) is 12.5. The third kappa shape index (κ3) is 2.59. The molecule has 1 aliphatic rings. The van der Waals surface area contributed by atoms with E-state index in [1.54, 1.807) is 6.26 Å². The third-order valence-electron chi connectivity index (χ3n) is 4.08. The monoisotopic (exact) mass is 259 g/mol. The maximum atomic E-state index is 5.45. The van der Waals surface area contributed by atoms with E-state index < -0.39 is 0 Å². The average Bonchev–Trinajstić information content (AvgIpc) is 2.94. The summed E-state index contributed by atoms with van der Waals surface area (Å²) >= 11 is 0. The van der Waals surface area contributed by atoms with Crippen LogP contribution in [0.2, 0.25) is 0 Å². The fourth-order valence-electron chi connectivity index (χ4n) is 2.91. The molecule has 2 aromatic heterocycles. The lowest BCUT2D eigenvalue weighted by atomic mass is 9.93. The summed E-state index contributed by atoms with van der Waals surface area (Å²) in [6.07, 6.45) is 7.40. The molecule has 1 fully saturated rings. The van der Waals surface area contributed by atoms with Crippen LogP contribution < -0.4 is 10.2 Å². The van der Waals surface area contributed by atoms with E-state index in [0.29, 0.717) is 0 Å². The third-order valence-corrected chi connectivity index (χ3v) is 4.08. The lowest BCUT2D eigenvalue weighted by molar-refractivity contribution is 0.377. The minimum absolute atomic E-state index is 0.854. The zero-order valence-electron chi connectivity index (χ0n) is 11.4. The van der Waals surface area contributed by atoms with Gasteiger partial charge in [-0.05, 0) is 50.9 Å². The second kappa shape index (κ2) is 5.61. The summed E-state index contributed by atoms with van der Waals surface area (Å²) in [5.74, 6) is 1.94. The van der Waals surface area contributed by atoms with Crippen LogP contribution in [0.4, 0.5) is 5.82 Å². The number of anilines is 1. The Hall–Kier alpha value is -1.55. The summed E-state index contributed by atoms with van der Waals surface area (Å²) in [5.41, 5.74) is 0.933. The lowest BCUT2D eigenvalue weighted by Gasteiger charge is -2.33. The molecule has 0 atom stereocenters. The first-order valence-corrected chi connectivity index (χ1v) is 7.10. The van der Waals surface area contributed by atoms with Crippen LogP contribution in [0, 0.1) is 5.92 Å². The van der Waals surface area contributed by atoms with E-state index >= 15 is 0 Å². The molecule has 0 radical (unpaired) electrons. The summed E-state index contributed by atoms with van der Waals surface area (Å²) in [4.78, 5) is 6.94. The van der Waals surface area contributed by atoms with Gasteiger partial charge in [0.25, 0.3) is 0 Å². The molecule has 3 rings (SSSR count). The van der Waals surface area contributed by atoms with Crippen molar-refractivity contribution in [1.82, 2.24) is 10.3 Å². The van der Waals surface area contributed by atoms with Crippen LogP contribution in [-0.4, -0.2) is 31.7 Å². The van der Waals surface area contributed by atoms with E-state index in [4.69, 9.17) is 4.42 Å². The van der Waals surface area contributed by atoms with Gasteiger partial charge in [0.2, 0.25) is 0 Å². The fourth-order valence-corrected chi connectivity index (χ4v) is 2.91. The highest BCUT2D eigenvalue weighted by Crippen LogP contribution is 2.29. The van der Waals surface area contributed by atoms with Crippen LogP contribution in [0.25, 0.3) is 11.0 Å². The molecular weight excluding hydrogens is 238 g/mol. The van der Waals surface area contributed by atoms with Gasteiger partial charge in [0.05, 0.1) is 11.6 Å². The lowest BCUT2D eigenvalue weighted by Crippen LogP contribution is -2.35. The number of pyridine rings is 1. The zero-order chi connectivity index (χ0) is 13.1. The number of nitrogens with zero attached hydrogens (tertiary/aromatic N) is 2. The predicted molar refractivity (Wildman–Crippen MR) is 77.5 cm³/mol. The molecule has 1 N–H and O–H groups in total. The van der Waals surface area contributed by atoms with Crippen LogP contribution in [0.5, 0.6) is 0 Å². The molecule has 0 saturated carbocycles. The van der Waals surface area contributed by atoms with Gasteiger partial charge >= 0.3 is 0 Å². The van der Waals surface area contributed by atoms with Gasteiger partial charge in [-0.25, -0.2) is 4.98 Å². The number of nitrogens with one attached hydrogen (secondary N) is 1. The van der Waals surface area contributed by atoms with E-state index in [-0.39, 0.29) is 0 Å². The molecule has 0 aliphatic carbocycles. The van der Waals surface area contributed by atoms with Gasteiger partial charge in [-0.15, -0.1) is 0 Å². The van der Waals surface area contributed by atoms with E-state index in [1.807, 2.05) is 25.4 Å². The Balaban J connectivity index is 1.69. The summed E-state index contributed by atoms with van der Waals surface area (Å²) < 4.78 is 5.45. The highest BCUT2D eigenvalue weighted by molar-refractivity contribution is 5.88. The molecule has 0 spiro atoms. The molecule has 19 heavy (non-hydrogen) atoms. The van der Waals surface area contributed by atoms with Crippen molar-refractivity contribution in [3.63, 3.8) is 0 Å². The maximum Gasteiger partial charge on any atom is 0.139 e. The van der Waals surface area contributed by atoms with Gasteiger partial charge in [-0.2, -0.15) is 0 Å². The normalized spacial score (nSPS) is 17.2. The van der Waals surface area contributed by atoms with Crippen molar-refractivity contribution in [2.45, 2.75) is 19.3 Å². The van der Waals surface area contributed by atoms with Gasteiger partial charge in [0.15, 0.2) is 0 Å². The van der Waals surface area contributed by atoms with E-state index in [1.165, 1.54) is 19.3 Å². The summed E-state index contributed by atoms with van der Waals surface area (Å²) in [6, 6.07) is 3.95. The number of fused-ring (bicyclic) bond motifs is 1. The van der Waals surface area contributed by atoms with E-state index in [2.05, 4.69) is 15.2 Å². The molecule has 1 saturated heterocycles. The molecule has 4 heteroatoms. The van der Waals surface area contributed by atoms with Gasteiger partial charge in [0.1, 0.15) is 11.4 Å². The fraction of sp³-hybridized carbons (Fsp3) is 0.533. The van der Waals surface area contributed by atoms with Crippen LogP contribution in [0.1, 0.15) is 19.3 Å².